The van der Waals surface area contributed by atoms with E-state index in [1.807, 2.05) is 36.4 Å². The van der Waals surface area contributed by atoms with Crippen molar-refractivity contribution in [3.63, 3.8) is 0 Å². The Balaban J connectivity index is 1.11. The smallest absolute Gasteiger partial charge is 0.352 e. The van der Waals surface area contributed by atoms with E-state index in [9.17, 15) is 41.9 Å². The van der Waals surface area contributed by atoms with Gasteiger partial charge >= 0.3 is 6.18 Å². The number of carbonyl (C=O) groups is 6. The molecule has 0 spiro atoms. The molecule has 48 heavy (non-hydrogen) atoms. The molecule has 0 radical (unpaired) electrons. The summed E-state index contributed by atoms with van der Waals surface area (Å²) < 4.78 is 42.1. The highest BCUT2D eigenvalue weighted by Gasteiger charge is 2.44. The van der Waals surface area contributed by atoms with Gasteiger partial charge in [0.05, 0.1) is 23.1 Å². The summed E-state index contributed by atoms with van der Waals surface area (Å²) in [5.41, 5.74) is -0.376. The molecule has 1 fully saturated rings. The van der Waals surface area contributed by atoms with Crippen LogP contribution in [0.15, 0.2) is 78.9 Å². The van der Waals surface area contributed by atoms with E-state index in [1.165, 1.54) is 30.3 Å². The molecule has 244 valence electrons. The van der Waals surface area contributed by atoms with Crippen LogP contribution < -0.4 is 16.0 Å². The Hall–Kier alpha value is -5.85. The molecule has 0 saturated carbocycles. The molecule has 3 N–H and O–H groups in total. The van der Waals surface area contributed by atoms with Crippen molar-refractivity contribution in [2.24, 2.45) is 0 Å². The van der Waals surface area contributed by atoms with Crippen molar-refractivity contribution in [3.8, 4) is 0 Å². The zero-order chi connectivity index (χ0) is 34.2. The number of piperidine rings is 1. The van der Waals surface area contributed by atoms with Gasteiger partial charge in [0, 0.05) is 25.1 Å². The number of benzene rings is 4. The molecule has 4 aromatic carbocycles. The monoisotopic (exact) mass is 656 g/mol. The standard InChI is InChI=1S/C35H27F3N4O6/c36-35(37,38)27-14-19(8-9-23(27)18-39-30(44)16-21-6-3-5-20-4-1-2-7-24(20)21)17-40-31(45)22-10-11-25-26(15-22)34(48)42(33(25)47)28-12-13-29(43)41-32(28)46/h1-11,14-15,28H,12-13,16-18H2,(H,39,44)(H,40,45)(H,41,43,46). The Bertz CT molecular complexity index is 2020. The lowest BCUT2D eigenvalue weighted by atomic mass is 10.0. The number of carbonyl (C=O) groups excluding carboxylic acids is 6. The van der Waals surface area contributed by atoms with Crippen LogP contribution in [0.3, 0.4) is 0 Å². The van der Waals surface area contributed by atoms with E-state index in [1.54, 1.807) is 6.07 Å². The van der Waals surface area contributed by atoms with Crippen LogP contribution in [0.25, 0.3) is 10.8 Å². The van der Waals surface area contributed by atoms with Gasteiger partial charge in [0.15, 0.2) is 0 Å². The molecule has 2 aliphatic rings. The second-order valence-electron chi connectivity index (χ2n) is 11.5. The molecule has 2 heterocycles. The summed E-state index contributed by atoms with van der Waals surface area (Å²) in [5, 5.41) is 9.02. The van der Waals surface area contributed by atoms with Crippen molar-refractivity contribution in [1.29, 1.82) is 0 Å². The van der Waals surface area contributed by atoms with E-state index in [4.69, 9.17) is 0 Å². The van der Waals surface area contributed by atoms with Crippen molar-refractivity contribution in [2.45, 2.75) is 44.6 Å². The van der Waals surface area contributed by atoms with E-state index in [0.29, 0.717) is 0 Å². The van der Waals surface area contributed by atoms with Gasteiger partial charge in [-0.25, -0.2) is 0 Å². The number of fused-ring (bicyclic) bond motifs is 2. The first-order valence-corrected chi connectivity index (χ1v) is 15.0. The second-order valence-corrected chi connectivity index (χ2v) is 11.5. The molecular weight excluding hydrogens is 629 g/mol. The van der Waals surface area contributed by atoms with Crippen LogP contribution in [0.1, 0.15) is 66.2 Å². The maximum Gasteiger partial charge on any atom is 0.416 e. The fraction of sp³-hybridized carbons (Fsp3) is 0.200. The van der Waals surface area contributed by atoms with Crippen LogP contribution in [0, 0.1) is 0 Å². The summed E-state index contributed by atoms with van der Waals surface area (Å²) in [6, 6.07) is 19.1. The van der Waals surface area contributed by atoms with Gasteiger partial charge < -0.3 is 10.6 Å². The van der Waals surface area contributed by atoms with Crippen LogP contribution in [-0.2, 0) is 40.1 Å². The van der Waals surface area contributed by atoms with Gasteiger partial charge in [-0.05, 0) is 58.1 Å². The lowest BCUT2D eigenvalue weighted by Gasteiger charge is -2.27. The maximum atomic E-state index is 14.0. The third kappa shape index (κ3) is 6.39. The van der Waals surface area contributed by atoms with E-state index >= 15 is 0 Å². The molecule has 4 aromatic rings. The number of nitrogens with zero attached hydrogens (tertiary/aromatic N) is 1. The molecule has 1 unspecified atom stereocenters. The van der Waals surface area contributed by atoms with Gasteiger partial charge in [-0.15, -0.1) is 0 Å². The Morgan fingerprint density at radius 2 is 1.56 bits per heavy atom. The number of hydrogen-bond acceptors (Lipinski definition) is 6. The van der Waals surface area contributed by atoms with Crippen molar-refractivity contribution < 1.29 is 41.9 Å². The first kappa shape index (κ1) is 32.1. The van der Waals surface area contributed by atoms with Crippen LogP contribution in [0.5, 0.6) is 0 Å². The van der Waals surface area contributed by atoms with Crippen molar-refractivity contribution in [2.75, 3.05) is 0 Å². The summed E-state index contributed by atoms with van der Waals surface area (Å²) in [4.78, 5) is 76.1. The first-order valence-electron chi connectivity index (χ1n) is 15.0. The highest BCUT2D eigenvalue weighted by Crippen LogP contribution is 2.33. The van der Waals surface area contributed by atoms with Crippen molar-refractivity contribution >= 4 is 46.2 Å². The topological polar surface area (TPSA) is 142 Å². The number of halogens is 3. The fourth-order valence-electron chi connectivity index (χ4n) is 5.92. The molecule has 1 atom stereocenters. The van der Waals surface area contributed by atoms with E-state index < -0.39 is 53.2 Å². The minimum atomic E-state index is -4.74. The molecule has 10 nitrogen and oxygen atoms in total. The number of imide groups is 2. The van der Waals surface area contributed by atoms with Gasteiger partial charge in [0.25, 0.3) is 17.7 Å². The van der Waals surface area contributed by atoms with E-state index in [2.05, 4.69) is 16.0 Å². The Morgan fingerprint density at radius 1 is 0.812 bits per heavy atom. The molecule has 2 aliphatic heterocycles. The average molecular weight is 657 g/mol. The van der Waals surface area contributed by atoms with E-state index in [-0.39, 0.29) is 60.2 Å². The highest BCUT2D eigenvalue weighted by atomic mass is 19.4. The quantitative estimate of drug-likeness (QED) is 0.245. The van der Waals surface area contributed by atoms with E-state index in [0.717, 1.165) is 27.3 Å². The lowest BCUT2D eigenvalue weighted by molar-refractivity contribution is -0.138. The predicted octanol–water partition coefficient (Wildman–Crippen LogP) is 4.05. The summed E-state index contributed by atoms with van der Waals surface area (Å²) in [5.74, 6) is -3.97. The van der Waals surface area contributed by atoms with Gasteiger partial charge in [-0.2, -0.15) is 13.2 Å². The summed E-state index contributed by atoms with van der Waals surface area (Å²) in [6.45, 7) is -0.648. The number of amides is 6. The summed E-state index contributed by atoms with van der Waals surface area (Å²) in [6.07, 6.45) is -4.82. The second kappa shape index (κ2) is 12.7. The van der Waals surface area contributed by atoms with Gasteiger partial charge in [-0.1, -0.05) is 54.6 Å². The largest absolute Gasteiger partial charge is 0.416 e. The number of alkyl halides is 3. The summed E-state index contributed by atoms with van der Waals surface area (Å²) in [7, 11) is 0. The molecule has 0 bridgehead atoms. The number of nitrogens with one attached hydrogen (secondary N) is 3. The fourth-order valence-corrected chi connectivity index (χ4v) is 5.92. The van der Waals surface area contributed by atoms with Gasteiger partial charge in [-0.3, -0.25) is 39.0 Å². The SMILES string of the molecule is O=C(Cc1cccc2ccccc12)NCc1ccc(CNC(=O)c2ccc3c(c2)C(=O)N(C2CCC(=O)NC2=O)C3=O)cc1C(F)(F)F. The number of hydrogen-bond donors (Lipinski definition) is 3. The van der Waals surface area contributed by atoms with Crippen LogP contribution in [-0.4, -0.2) is 46.4 Å². The average Bonchev–Trinajstić information content (AvgIpc) is 3.31. The molecule has 0 aromatic heterocycles. The van der Waals surface area contributed by atoms with Gasteiger partial charge in [0.1, 0.15) is 6.04 Å². The van der Waals surface area contributed by atoms with Crippen molar-refractivity contribution in [1.82, 2.24) is 20.9 Å². The zero-order valence-electron chi connectivity index (χ0n) is 25.1. The van der Waals surface area contributed by atoms with Crippen LogP contribution >= 0.6 is 0 Å². The minimum absolute atomic E-state index is 0.00970. The van der Waals surface area contributed by atoms with Crippen molar-refractivity contribution in [3.05, 3.63) is 118 Å². The minimum Gasteiger partial charge on any atom is -0.352 e. The van der Waals surface area contributed by atoms with Gasteiger partial charge in [0.2, 0.25) is 17.7 Å². The molecular formula is C35H27F3N4O6. The molecule has 6 rings (SSSR count). The Morgan fingerprint density at radius 3 is 2.33 bits per heavy atom. The predicted molar refractivity (Wildman–Crippen MR) is 165 cm³/mol. The first-order chi connectivity index (χ1) is 22.9. The molecule has 13 heteroatoms. The Labute approximate surface area is 271 Å². The lowest BCUT2D eigenvalue weighted by Crippen LogP contribution is -2.54. The van der Waals surface area contributed by atoms with Crippen LogP contribution in [0.4, 0.5) is 13.2 Å². The molecule has 0 aliphatic carbocycles. The third-order valence-corrected chi connectivity index (χ3v) is 8.34. The van der Waals surface area contributed by atoms with Crippen LogP contribution in [0.2, 0.25) is 0 Å². The molecule has 6 amide bonds. The third-order valence-electron chi connectivity index (χ3n) is 8.34. The molecule has 1 saturated heterocycles. The number of rotatable bonds is 8. The highest BCUT2D eigenvalue weighted by molar-refractivity contribution is 6.24. The summed E-state index contributed by atoms with van der Waals surface area (Å²) >= 11 is 0. The zero-order valence-corrected chi connectivity index (χ0v) is 25.1. The Kier molecular flexibility index (Phi) is 8.52. The normalized spacial score (nSPS) is 16.1. The maximum absolute atomic E-state index is 14.0.